The fourth-order valence-corrected chi connectivity index (χ4v) is 3.68. The van der Waals surface area contributed by atoms with Gasteiger partial charge in [0, 0.05) is 58.0 Å². The molecule has 1 aromatic rings. The Morgan fingerprint density at radius 3 is 2.24 bits per heavy atom. The third kappa shape index (κ3) is 6.26. The predicted molar refractivity (Wildman–Crippen MR) is 104 cm³/mol. The molecular weight excluding hydrogens is 312 g/mol. The number of piperazine rings is 1. The summed E-state index contributed by atoms with van der Waals surface area (Å²) < 4.78 is 5.41. The second-order valence-electron chi connectivity index (χ2n) is 7.28. The molecule has 0 saturated carbocycles. The summed E-state index contributed by atoms with van der Waals surface area (Å²) in [6.07, 6.45) is 1.26. The Morgan fingerprint density at radius 1 is 0.840 bits per heavy atom. The van der Waals surface area contributed by atoms with E-state index < -0.39 is 0 Å². The van der Waals surface area contributed by atoms with Gasteiger partial charge in [0.05, 0.1) is 13.2 Å². The van der Waals surface area contributed by atoms with Gasteiger partial charge < -0.3 is 14.5 Å². The second-order valence-corrected chi connectivity index (χ2v) is 7.28. The molecule has 0 bridgehead atoms. The van der Waals surface area contributed by atoms with Crippen LogP contribution >= 0.6 is 0 Å². The Kier molecular flexibility index (Phi) is 7.55. The molecule has 2 aliphatic rings. The number of rotatable bonds is 8. The average Bonchev–Trinajstić information content (AvgIpc) is 2.68. The van der Waals surface area contributed by atoms with Gasteiger partial charge >= 0.3 is 0 Å². The Morgan fingerprint density at radius 2 is 1.52 bits per heavy atom. The van der Waals surface area contributed by atoms with Gasteiger partial charge in [0.2, 0.25) is 0 Å². The van der Waals surface area contributed by atoms with E-state index in [-0.39, 0.29) is 0 Å². The van der Waals surface area contributed by atoms with Crippen LogP contribution in [0.4, 0.5) is 5.69 Å². The van der Waals surface area contributed by atoms with E-state index in [1.54, 1.807) is 0 Å². The summed E-state index contributed by atoms with van der Waals surface area (Å²) >= 11 is 0. The number of benzene rings is 1. The van der Waals surface area contributed by atoms with Crippen molar-refractivity contribution in [3.8, 4) is 0 Å². The zero-order valence-electron chi connectivity index (χ0n) is 15.8. The van der Waals surface area contributed by atoms with Crippen molar-refractivity contribution in [2.45, 2.75) is 6.42 Å². The largest absolute Gasteiger partial charge is 0.379 e. The van der Waals surface area contributed by atoms with Crippen LogP contribution in [0, 0.1) is 0 Å². The first-order chi connectivity index (χ1) is 12.3. The van der Waals surface area contributed by atoms with Crippen LogP contribution in [0.25, 0.3) is 0 Å². The van der Waals surface area contributed by atoms with E-state index >= 15 is 0 Å². The van der Waals surface area contributed by atoms with Gasteiger partial charge in [0.1, 0.15) is 0 Å². The lowest BCUT2D eigenvalue weighted by molar-refractivity contribution is 0.0363. The molecule has 5 heteroatoms. The van der Waals surface area contributed by atoms with Crippen molar-refractivity contribution < 1.29 is 4.74 Å². The molecule has 5 nitrogen and oxygen atoms in total. The molecule has 2 aliphatic heterocycles. The van der Waals surface area contributed by atoms with Crippen molar-refractivity contribution in [1.82, 2.24) is 14.7 Å². The summed E-state index contributed by atoms with van der Waals surface area (Å²) in [7, 11) is 2.26. The van der Waals surface area contributed by atoms with E-state index in [4.69, 9.17) is 4.74 Å². The molecule has 2 fully saturated rings. The zero-order chi connectivity index (χ0) is 17.3. The lowest BCUT2D eigenvalue weighted by atomic mass is 10.2. The normalized spacial score (nSPS) is 20.3. The number of para-hydroxylation sites is 1. The second kappa shape index (κ2) is 10.1. The van der Waals surface area contributed by atoms with Crippen molar-refractivity contribution in [3.05, 3.63) is 30.3 Å². The van der Waals surface area contributed by atoms with Gasteiger partial charge in [-0.3, -0.25) is 9.80 Å². The van der Waals surface area contributed by atoms with Crippen LogP contribution in [0.5, 0.6) is 0 Å². The van der Waals surface area contributed by atoms with Crippen LogP contribution in [0.3, 0.4) is 0 Å². The first-order valence-corrected chi connectivity index (χ1v) is 9.82. The van der Waals surface area contributed by atoms with Crippen molar-refractivity contribution in [3.63, 3.8) is 0 Å². The molecule has 2 saturated heterocycles. The standard InChI is InChI=1S/C20H34N4O/c1-21(8-5-9-22-16-18-25-19-17-22)10-11-23-12-14-24(15-13-23)20-6-3-2-4-7-20/h2-4,6-7H,5,8-19H2,1H3. The molecule has 0 spiro atoms. The average molecular weight is 347 g/mol. The molecule has 3 rings (SSSR count). The van der Waals surface area contributed by atoms with Gasteiger partial charge in [0.25, 0.3) is 0 Å². The molecule has 0 aliphatic carbocycles. The summed E-state index contributed by atoms with van der Waals surface area (Å²) in [6.45, 7) is 13.4. The number of ether oxygens (including phenoxy) is 1. The highest BCUT2D eigenvalue weighted by atomic mass is 16.5. The molecule has 2 heterocycles. The lowest BCUT2D eigenvalue weighted by Crippen LogP contribution is -2.48. The van der Waals surface area contributed by atoms with E-state index in [0.717, 1.165) is 39.4 Å². The van der Waals surface area contributed by atoms with Gasteiger partial charge in [-0.25, -0.2) is 0 Å². The van der Waals surface area contributed by atoms with E-state index in [9.17, 15) is 0 Å². The third-order valence-electron chi connectivity index (χ3n) is 5.41. The van der Waals surface area contributed by atoms with E-state index in [0.29, 0.717) is 0 Å². The SMILES string of the molecule is CN(CCCN1CCOCC1)CCN1CCN(c2ccccc2)CC1. The number of morpholine rings is 1. The van der Waals surface area contributed by atoms with Crippen molar-refractivity contribution in [1.29, 1.82) is 0 Å². The highest BCUT2D eigenvalue weighted by Gasteiger charge is 2.17. The number of likely N-dealkylation sites (N-methyl/N-ethyl adjacent to an activating group) is 1. The maximum absolute atomic E-state index is 5.41. The minimum absolute atomic E-state index is 0.908. The smallest absolute Gasteiger partial charge is 0.0594 e. The number of hydrogen-bond acceptors (Lipinski definition) is 5. The molecule has 0 unspecified atom stereocenters. The molecule has 25 heavy (non-hydrogen) atoms. The van der Waals surface area contributed by atoms with Crippen LogP contribution in [0.15, 0.2) is 30.3 Å². The Hall–Kier alpha value is -1.14. The monoisotopic (exact) mass is 346 g/mol. The summed E-state index contributed by atoms with van der Waals surface area (Å²) in [5.41, 5.74) is 1.36. The van der Waals surface area contributed by atoms with E-state index in [2.05, 4.69) is 57.0 Å². The molecule has 0 radical (unpaired) electrons. The zero-order valence-corrected chi connectivity index (χ0v) is 15.8. The number of nitrogens with zero attached hydrogens (tertiary/aromatic N) is 4. The molecule has 1 aromatic carbocycles. The first kappa shape index (κ1) is 18.6. The van der Waals surface area contributed by atoms with Gasteiger partial charge in [-0.2, -0.15) is 0 Å². The van der Waals surface area contributed by atoms with Crippen LogP contribution in [0.1, 0.15) is 6.42 Å². The quantitative estimate of drug-likeness (QED) is 0.709. The molecule has 140 valence electrons. The van der Waals surface area contributed by atoms with Crippen LogP contribution in [0.2, 0.25) is 0 Å². The van der Waals surface area contributed by atoms with E-state index in [1.807, 2.05) is 0 Å². The van der Waals surface area contributed by atoms with Crippen LogP contribution in [-0.2, 0) is 4.74 Å². The molecule has 0 amide bonds. The van der Waals surface area contributed by atoms with Crippen LogP contribution in [-0.4, -0.2) is 100 Å². The first-order valence-electron chi connectivity index (χ1n) is 9.82. The fourth-order valence-electron chi connectivity index (χ4n) is 3.68. The van der Waals surface area contributed by atoms with Gasteiger partial charge in [0.15, 0.2) is 0 Å². The van der Waals surface area contributed by atoms with Crippen LogP contribution < -0.4 is 4.90 Å². The highest BCUT2D eigenvalue weighted by molar-refractivity contribution is 5.46. The fraction of sp³-hybridized carbons (Fsp3) is 0.700. The minimum Gasteiger partial charge on any atom is -0.379 e. The minimum atomic E-state index is 0.908. The molecule has 0 N–H and O–H groups in total. The predicted octanol–water partition coefficient (Wildman–Crippen LogP) is 1.46. The maximum atomic E-state index is 5.41. The molecular formula is C20H34N4O. The number of anilines is 1. The van der Waals surface area contributed by atoms with Crippen molar-refractivity contribution in [2.75, 3.05) is 90.6 Å². The van der Waals surface area contributed by atoms with Crippen molar-refractivity contribution in [2.24, 2.45) is 0 Å². The van der Waals surface area contributed by atoms with E-state index in [1.165, 1.54) is 51.4 Å². The van der Waals surface area contributed by atoms with Gasteiger partial charge in [-0.15, -0.1) is 0 Å². The lowest BCUT2D eigenvalue weighted by Gasteiger charge is -2.36. The Balaban J connectivity index is 1.26. The summed E-state index contributed by atoms with van der Waals surface area (Å²) in [5, 5.41) is 0. The van der Waals surface area contributed by atoms with Gasteiger partial charge in [-0.1, -0.05) is 18.2 Å². The summed E-state index contributed by atoms with van der Waals surface area (Å²) in [5.74, 6) is 0. The Labute approximate surface area is 153 Å². The van der Waals surface area contributed by atoms with Gasteiger partial charge in [-0.05, 0) is 38.7 Å². The third-order valence-corrected chi connectivity index (χ3v) is 5.41. The van der Waals surface area contributed by atoms with Crippen molar-refractivity contribution >= 4 is 5.69 Å². The topological polar surface area (TPSA) is 22.2 Å². The number of hydrogen-bond donors (Lipinski definition) is 0. The summed E-state index contributed by atoms with van der Waals surface area (Å²) in [4.78, 5) is 10.1. The summed E-state index contributed by atoms with van der Waals surface area (Å²) in [6, 6.07) is 10.8. The molecule has 0 aromatic heterocycles. The highest BCUT2D eigenvalue weighted by Crippen LogP contribution is 2.15. The molecule has 0 atom stereocenters. The Bertz CT molecular complexity index is 470. The maximum Gasteiger partial charge on any atom is 0.0594 e.